The van der Waals surface area contributed by atoms with Gasteiger partial charge in [0.1, 0.15) is 11.5 Å². The van der Waals surface area contributed by atoms with E-state index in [-0.39, 0.29) is 11.2 Å². The fourth-order valence-electron chi connectivity index (χ4n) is 2.86. The molecule has 0 radical (unpaired) electrons. The first-order valence-electron chi connectivity index (χ1n) is 7.78. The molecule has 0 fully saturated rings. The summed E-state index contributed by atoms with van der Waals surface area (Å²) in [6, 6.07) is 4.35. The number of Topliss-reactive ketones (excluding diaryl/α,β-unsaturated/α-hetero) is 1. The predicted molar refractivity (Wildman–Crippen MR) is 86.8 cm³/mol. The lowest BCUT2D eigenvalue weighted by Gasteiger charge is -2.29. The molecule has 2 nitrogen and oxygen atoms in total. The van der Waals surface area contributed by atoms with Gasteiger partial charge in [-0.2, -0.15) is 0 Å². The number of fused-ring (bicyclic) bond motifs is 1. The topological polar surface area (TPSA) is 26.3 Å². The zero-order valence-electron chi connectivity index (χ0n) is 14.1. The summed E-state index contributed by atoms with van der Waals surface area (Å²) in [4.78, 5) is 12.2. The van der Waals surface area contributed by atoms with Crippen LogP contribution in [0.3, 0.4) is 0 Å². The smallest absolute Gasteiger partial charge is 0.162 e. The molecule has 0 saturated carbocycles. The van der Waals surface area contributed by atoms with E-state index in [9.17, 15) is 4.79 Å². The average molecular weight is 286 g/mol. The van der Waals surface area contributed by atoms with Crippen LogP contribution in [0.1, 0.15) is 64.2 Å². The summed E-state index contributed by atoms with van der Waals surface area (Å²) in [6.45, 7) is 12.6. The molecule has 1 aliphatic heterocycles. The van der Waals surface area contributed by atoms with Crippen molar-refractivity contribution in [1.29, 1.82) is 0 Å². The van der Waals surface area contributed by atoms with Crippen molar-refractivity contribution < 1.29 is 9.53 Å². The summed E-state index contributed by atoms with van der Waals surface area (Å²) >= 11 is 0. The van der Waals surface area contributed by atoms with Crippen molar-refractivity contribution in [3.63, 3.8) is 0 Å². The molecule has 0 atom stereocenters. The van der Waals surface area contributed by atoms with Crippen LogP contribution in [0, 0.1) is 6.92 Å². The third kappa shape index (κ3) is 3.20. The Morgan fingerprint density at radius 1 is 1.24 bits per heavy atom. The van der Waals surface area contributed by atoms with Gasteiger partial charge in [-0.1, -0.05) is 45.4 Å². The number of ketones is 1. The van der Waals surface area contributed by atoms with Gasteiger partial charge in [0.25, 0.3) is 0 Å². The Morgan fingerprint density at radius 3 is 2.48 bits per heavy atom. The van der Waals surface area contributed by atoms with Crippen LogP contribution in [-0.2, 0) is 16.6 Å². The standard InChI is InChI=1S/C19H26O2/c1-7-8-17(20)15-11-14-9-12(2)10-16(19(4,5)6)18(14)21-13(15)3/h9-10H,7-8,11H2,1-6H3. The van der Waals surface area contributed by atoms with E-state index in [1.807, 2.05) is 13.8 Å². The van der Waals surface area contributed by atoms with Gasteiger partial charge in [0, 0.05) is 24.0 Å². The quantitative estimate of drug-likeness (QED) is 0.792. The summed E-state index contributed by atoms with van der Waals surface area (Å²) in [5.41, 5.74) is 4.46. The molecule has 0 spiro atoms. The van der Waals surface area contributed by atoms with Crippen molar-refractivity contribution in [3.05, 3.63) is 40.2 Å². The first kappa shape index (κ1) is 15.8. The molecule has 2 heteroatoms. The van der Waals surface area contributed by atoms with E-state index < -0.39 is 0 Å². The number of aryl methyl sites for hydroxylation is 1. The Bertz CT molecular complexity index is 601. The van der Waals surface area contributed by atoms with E-state index >= 15 is 0 Å². The number of carbonyl (C=O) groups excluding carboxylic acids is 1. The summed E-state index contributed by atoms with van der Waals surface area (Å²) in [5.74, 6) is 1.95. The first-order chi connectivity index (χ1) is 9.74. The van der Waals surface area contributed by atoms with Gasteiger partial charge in [-0.25, -0.2) is 0 Å². The monoisotopic (exact) mass is 286 g/mol. The molecule has 0 amide bonds. The maximum atomic E-state index is 12.2. The molecule has 114 valence electrons. The Hall–Kier alpha value is -1.57. The van der Waals surface area contributed by atoms with E-state index in [4.69, 9.17) is 4.74 Å². The minimum Gasteiger partial charge on any atom is -0.461 e. The van der Waals surface area contributed by atoms with Crippen molar-refractivity contribution >= 4 is 5.78 Å². The SMILES string of the molecule is CCCC(=O)C1=C(C)Oc2c(cc(C)cc2C(C)(C)C)C1. The predicted octanol–water partition coefficient (Wildman–Crippen LogP) is 4.87. The Kier molecular flexibility index (Phi) is 4.27. The van der Waals surface area contributed by atoms with Crippen molar-refractivity contribution in [2.45, 2.75) is 66.2 Å². The molecule has 2 rings (SSSR count). The van der Waals surface area contributed by atoms with E-state index in [0.29, 0.717) is 12.8 Å². The summed E-state index contributed by atoms with van der Waals surface area (Å²) in [5, 5.41) is 0. The van der Waals surface area contributed by atoms with Crippen LogP contribution in [-0.4, -0.2) is 5.78 Å². The molecule has 1 aromatic rings. The normalized spacial score (nSPS) is 14.8. The minimum absolute atomic E-state index is 0.0291. The lowest BCUT2D eigenvalue weighted by molar-refractivity contribution is -0.115. The number of carbonyl (C=O) groups is 1. The minimum atomic E-state index is 0.0291. The molecule has 0 aromatic heterocycles. The highest BCUT2D eigenvalue weighted by atomic mass is 16.5. The molecule has 0 unspecified atom stereocenters. The van der Waals surface area contributed by atoms with Crippen molar-refractivity contribution in [2.75, 3.05) is 0 Å². The van der Waals surface area contributed by atoms with Gasteiger partial charge in [0.15, 0.2) is 5.78 Å². The highest BCUT2D eigenvalue weighted by Gasteiger charge is 2.28. The van der Waals surface area contributed by atoms with Gasteiger partial charge >= 0.3 is 0 Å². The maximum Gasteiger partial charge on any atom is 0.162 e. The molecular formula is C19H26O2. The number of hydrogen-bond acceptors (Lipinski definition) is 2. The second-order valence-electron chi connectivity index (χ2n) is 7.04. The van der Waals surface area contributed by atoms with E-state index in [1.165, 1.54) is 11.1 Å². The Morgan fingerprint density at radius 2 is 1.90 bits per heavy atom. The van der Waals surface area contributed by atoms with E-state index in [2.05, 4.69) is 39.8 Å². The van der Waals surface area contributed by atoms with Gasteiger partial charge in [-0.15, -0.1) is 0 Å². The number of ether oxygens (including phenoxy) is 1. The molecular weight excluding hydrogens is 260 g/mol. The third-order valence-corrected chi connectivity index (χ3v) is 3.98. The molecule has 1 heterocycles. The lowest BCUT2D eigenvalue weighted by Crippen LogP contribution is -2.20. The number of benzene rings is 1. The molecule has 21 heavy (non-hydrogen) atoms. The number of allylic oxidation sites excluding steroid dienone is 2. The van der Waals surface area contributed by atoms with Gasteiger partial charge in [0.05, 0.1) is 0 Å². The summed E-state index contributed by atoms with van der Waals surface area (Å²) < 4.78 is 6.08. The molecule has 0 aliphatic carbocycles. The van der Waals surface area contributed by atoms with Crippen LogP contribution in [0.4, 0.5) is 0 Å². The highest BCUT2D eigenvalue weighted by Crippen LogP contribution is 2.40. The van der Waals surface area contributed by atoms with Crippen LogP contribution in [0.2, 0.25) is 0 Å². The number of rotatable bonds is 3. The second-order valence-corrected chi connectivity index (χ2v) is 7.04. The van der Waals surface area contributed by atoms with Crippen LogP contribution in [0.25, 0.3) is 0 Å². The largest absolute Gasteiger partial charge is 0.461 e. The molecule has 0 N–H and O–H groups in total. The summed E-state index contributed by atoms with van der Waals surface area (Å²) in [7, 11) is 0. The van der Waals surface area contributed by atoms with Gasteiger partial charge < -0.3 is 4.74 Å². The second kappa shape index (κ2) is 5.67. The maximum absolute atomic E-state index is 12.2. The Balaban J connectivity index is 2.48. The van der Waals surface area contributed by atoms with Crippen molar-refractivity contribution in [1.82, 2.24) is 0 Å². The van der Waals surface area contributed by atoms with Crippen LogP contribution in [0.15, 0.2) is 23.5 Å². The van der Waals surface area contributed by atoms with Crippen molar-refractivity contribution in [2.24, 2.45) is 0 Å². The van der Waals surface area contributed by atoms with Crippen LogP contribution < -0.4 is 4.74 Å². The van der Waals surface area contributed by atoms with Gasteiger partial charge in [-0.05, 0) is 31.2 Å². The fourth-order valence-corrected chi connectivity index (χ4v) is 2.86. The van der Waals surface area contributed by atoms with E-state index in [0.717, 1.165) is 29.1 Å². The highest BCUT2D eigenvalue weighted by molar-refractivity contribution is 5.96. The fraction of sp³-hybridized carbons (Fsp3) is 0.526. The molecule has 0 bridgehead atoms. The zero-order valence-corrected chi connectivity index (χ0v) is 14.1. The molecule has 1 aromatic carbocycles. The molecule has 0 saturated heterocycles. The van der Waals surface area contributed by atoms with Crippen LogP contribution >= 0.6 is 0 Å². The average Bonchev–Trinajstić information content (AvgIpc) is 2.36. The zero-order chi connectivity index (χ0) is 15.8. The summed E-state index contributed by atoms with van der Waals surface area (Å²) in [6.07, 6.45) is 2.18. The number of hydrogen-bond donors (Lipinski definition) is 0. The van der Waals surface area contributed by atoms with Crippen LogP contribution in [0.5, 0.6) is 5.75 Å². The molecule has 1 aliphatic rings. The Labute approximate surface area is 128 Å². The van der Waals surface area contributed by atoms with Gasteiger partial charge in [-0.3, -0.25) is 4.79 Å². The van der Waals surface area contributed by atoms with Gasteiger partial charge in [0.2, 0.25) is 0 Å². The third-order valence-electron chi connectivity index (χ3n) is 3.98. The van der Waals surface area contributed by atoms with Crippen molar-refractivity contribution in [3.8, 4) is 5.75 Å². The first-order valence-corrected chi connectivity index (χ1v) is 7.78. The van der Waals surface area contributed by atoms with E-state index in [1.54, 1.807) is 0 Å². The lowest BCUT2D eigenvalue weighted by atomic mass is 9.82.